The van der Waals surface area contributed by atoms with Crippen LogP contribution >= 0.6 is 15.9 Å². The molecule has 3 aliphatic rings. The highest BCUT2D eigenvalue weighted by atomic mass is 79.9. The maximum atomic E-state index is 12.9. The molecule has 28 heavy (non-hydrogen) atoms. The third-order valence-corrected chi connectivity index (χ3v) is 7.58. The summed E-state index contributed by atoms with van der Waals surface area (Å²) >= 11 is 3.61. The molecule has 3 unspecified atom stereocenters. The quantitative estimate of drug-likeness (QED) is 0.638. The summed E-state index contributed by atoms with van der Waals surface area (Å²) < 4.78 is 1.11. The number of carbonyl (C=O) groups excluding carboxylic acids is 1. The fraction of sp³-hybridized carbons (Fsp3) is 0.458. The summed E-state index contributed by atoms with van der Waals surface area (Å²) in [7, 11) is 0. The first-order chi connectivity index (χ1) is 13.4. The molecule has 5 rings (SSSR count). The number of rotatable bonds is 2. The second-order valence-corrected chi connectivity index (χ2v) is 10.1. The van der Waals surface area contributed by atoms with E-state index >= 15 is 0 Å². The average Bonchev–Trinajstić information content (AvgIpc) is 3.20. The topological polar surface area (TPSA) is 41.1 Å². The fourth-order valence-corrected chi connectivity index (χ4v) is 5.90. The van der Waals surface area contributed by atoms with Crippen LogP contribution < -0.4 is 10.6 Å². The van der Waals surface area contributed by atoms with Crippen molar-refractivity contribution in [2.45, 2.75) is 63.5 Å². The molecule has 3 nitrogen and oxygen atoms in total. The first-order valence-corrected chi connectivity index (χ1v) is 11.2. The predicted octanol–water partition coefficient (Wildman–Crippen LogP) is 5.61. The van der Waals surface area contributed by atoms with Crippen LogP contribution in [0.5, 0.6) is 0 Å². The number of amides is 1. The standard InChI is InChI=1S/C24H27BrN2O/c1-24(2)19-12-15(25)7-9-17(19)18-10-8-16(13-20(18)24)26-23(28)22-11-14-5-3-4-6-21(14)27-22/h7-10,12-14,21-22,27H,3-6,11H2,1-2H3,(H,26,28). The Morgan fingerprint density at radius 2 is 1.79 bits per heavy atom. The molecule has 2 aliphatic carbocycles. The summed E-state index contributed by atoms with van der Waals surface area (Å²) in [5.41, 5.74) is 6.02. The molecule has 0 bridgehead atoms. The second-order valence-electron chi connectivity index (χ2n) is 9.17. The monoisotopic (exact) mass is 438 g/mol. The molecule has 1 saturated heterocycles. The van der Waals surface area contributed by atoms with E-state index in [2.05, 4.69) is 70.7 Å². The van der Waals surface area contributed by atoms with Gasteiger partial charge in [0.15, 0.2) is 0 Å². The number of benzene rings is 2. The lowest BCUT2D eigenvalue weighted by atomic mass is 9.82. The van der Waals surface area contributed by atoms with Crippen LogP contribution in [0.25, 0.3) is 11.1 Å². The fourth-order valence-electron chi connectivity index (χ4n) is 5.54. The molecular weight excluding hydrogens is 412 g/mol. The number of hydrogen-bond acceptors (Lipinski definition) is 2. The van der Waals surface area contributed by atoms with E-state index in [-0.39, 0.29) is 17.4 Å². The van der Waals surface area contributed by atoms with E-state index in [0.717, 1.165) is 16.6 Å². The number of carbonyl (C=O) groups is 1. The lowest BCUT2D eigenvalue weighted by Crippen LogP contribution is -2.39. The maximum absolute atomic E-state index is 12.9. The first kappa shape index (κ1) is 18.4. The van der Waals surface area contributed by atoms with Crippen molar-refractivity contribution in [1.82, 2.24) is 5.32 Å². The van der Waals surface area contributed by atoms with Gasteiger partial charge in [-0.15, -0.1) is 0 Å². The molecule has 0 aromatic heterocycles. The zero-order valence-corrected chi connectivity index (χ0v) is 18.1. The Bertz CT molecular complexity index is 938. The number of halogens is 1. The highest BCUT2D eigenvalue weighted by Gasteiger charge is 2.39. The van der Waals surface area contributed by atoms with Gasteiger partial charge in [-0.2, -0.15) is 0 Å². The van der Waals surface area contributed by atoms with Crippen molar-refractivity contribution in [1.29, 1.82) is 0 Å². The Morgan fingerprint density at radius 1 is 1.07 bits per heavy atom. The Kier molecular flexibility index (Phi) is 4.40. The van der Waals surface area contributed by atoms with E-state index in [1.165, 1.54) is 47.9 Å². The molecule has 2 N–H and O–H groups in total. The summed E-state index contributed by atoms with van der Waals surface area (Å²) in [6.45, 7) is 4.53. The first-order valence-electron chi connectivity index (χ1n) is 10.5. The van der Waals surface area contributed by atoms with Crippen LogP contribution in [0.1, 0.15) is 57.1 Å². The second kappa shape index (κ2) is 6.70. The van der Waals surface area contributed by atoms with Gasteiger partial charge in [-0.05, 0) is 71.7 Å². The molecule has 4 heteroatoms. The van der Waals surface area contributed by atoms with Crippen molar-refractivity contribution in [3.8, 4) is 11.1 Å². The lowest BCUT2D eigenvalue weighted by Gasteiger charge is -2.24. The van der Waals surface area contributed by atoms with Crippen molar-refractivity contribution in [2.75, 3.05) is 5.32 Å². The van der Waals surface area contributed by atoms with E-state index in [1.807, 2.05) is 6.07 Å². The van der Waals surface area contributed by atoms with E-state index in [1.54, 1.807) is 0 Å². The SMILES string of the molecule is CC1(C)c2cc(Br)ccc2-c2ccc(NC(=O)C3CC4CCCCC4N3)cc21. The van der Waals surface area contributed by atoms with Crippen molar-refractivity contribution in [3.63, 3.8) is 0 Å². The van der Waals surface area contributed by atoms with Gasteiger partial charge in [0.1, 0.15) is 0 Å². The van der Waals surface area contributed by atoms with Crippen molar-refractivity contribution in [3.05, 3.63) is 52.0 Å². The zero-order valence-electron chi connectivity index (χ0n) is 16.5. The van der Waals surface area contributed by atoms with Crippen LogP contribution in [0.3, 0.4) is 0 Å². The average molecular weight is 439 g/mol. The largest absolute Gasteiger partial charge is 0.325 e. The van der Waals surface area contributed by atoms with Gasteiger partial charge < -0.3 is 10.6 Å². The summed E-state index contributed by atoms with van der Waals surface area (Å²) in [6, 6.07) is 13.4. The van der Waals surface area contributed by atoms with Gasteiger partial charge in [-0.3, -0.25) is 4.79 Å². The van der Waals surface area contributed by atoms with Crippen LogP contribution in [0.2, 0.25) is 0 Å². The summed E-state index contributed by atoms with van der Waals surface area (Å²) in [5.74, 6) is 0.793. The third kappa shape index (κ3) is 2.93. The molecule has 1 heterocycles. The lowest BCUT2D eigenvalue weighted by molar-refractivity contribution is -0.117. The van der Waals surface area contributed by atoms with Gasteiger partial charge in [-0.1, -0.05) is 54.8 Å². The molecule has 2 fully saturated rings. The summed E-state index contributed by atoms with van der Waals surface area (Å²) in [4.78, 5) is 12.9. The van der Waals surface area contributed by atoms with Crippen LogP contribution in [0.4, 0.5) is 5.69 Å². The van der Waals surface area contributed by atoms with Crippen molar-refractivity contribution in [2.24, 2.45) is 5.92 Å². The normalized spacial score (nSPS) is 27.0. The van der Waals surface area contributed by atoms with E-state index in [0.29, 0.717) is 12.0 Å². The third-order valence-electron chi connectivity index (χ3n) is 7.08. The molecule has 1 amide bonds. The zero-order chi connectivity index (χ0) is 19.5. The number of anilines is 1. The highest BCUT2D eigenvalue weighted by Crippen LogP contribution is 2.50. The maximum Gasteiger partial charge on any atom is 0.241 e. The Labute approximate surface area is 175 Å². The molecule has 2 aromatic carbocycles. The Hall–Kier alpha value is -1.65. The van der Waals surface area contributed by atoms with Gasteiger partial charge in [-0.25, -0.2) is 0 Å². The molecule has 0 spiro atoms. The van der Waals surface area contributed by atoms with Crippen molar-refractivity contribution < 1.29 is 4.79 Å². The molecule has 1 aliphatic heterocycles. The van der Waals surface area contributed by atoms with E-state index in [4.69, 9.17) is 0 Å². The van der Waals surface area contributed by atoms with Gasteiger partial charge in [0.2, 0.25) is 5.91 Å². The molecule has 0 radical (unpaired) electrons. The van der Waals surface area contributed by atoms with E-state index in [9.17, 15) is 4.79 Å². The Balaban J connectivity index is 1.38. The minimum Gasteiger partial charge on any atom is -0.325 e. The van der Waals surface area contributed by atoms with Crippen LogP contribution in [0, 0.1) is 5.92 Å². The molecule has 1 saturated carbocycles. The highest BCUT2D eigenvalue weighted by molar-refractivity contribution is 9.10. The molecule has 3 atom stereocenters. The number of nitrogens with one attached hydrogen (secondary N) is 2. The number of hydrogen-bond donors (Lipinski definition) is 2. The minimum atomic E-state index is -0.0737. The van der Waals surface area contributed by atoms with Crippen LogP contribution in [-0.2, 0) is 10.2 Å². The molecular formula is C24H27BrN2O. The Morgan fingerprint density at radius 3 is 2.57 bits per heavy atom. The van der Waals surface area contributed by atoms with Crippen molar-refractivity contribution >= 4 is 27.5 Å². The molecule has 146 valence electrons. The number of fused-ring (bicyclic) bond motifs is 4. The molecule has 2 aromatic rings. The minimum absolute atomic E-state index is 0.0532. The summed E-state index contributed by atoms with van der Waals surface area (Å²) in [6.07, 6.45) is 6.07. The van der Waals surface area contributed by atoms with Gasteiger partial charge in [0.25, 0.3) is 0 Å². The van der Waals surface area contributed by atoms with Gasteiger partial charge in [0, 0.05) is 21.6 Å². The smallest absolute Gasteiger partial charge is 0.241 e. The summed E-state index contributed by atoms with van der Waals surface area (Å²) in [5, 5.41) is 6.77. The van der Waals surface area contributed by atoms with E-state index < -0.39 is 0 Å². The van der Waals surface area contributed by atoms with Crippen LogP contribution in [0.15, 0.2) is 40.9 Å². The predicted molar refractivity (Wildman–Crippen MR) is 118 cm³/mol. The van der Waals surface area contributed by atoms with Gasteiger partial charge >= 0.3 is 0 Å². The van der Waals surface area contributed by atoms with Gasteiger partial charge in [0.05, 0.1) is 6.04 Å². The van der Waals surface area contributed by atoms with Crippen LogP contribution in [-0.4, -0.2) is 18.0 Å².